The molecule has 4 rings (SSSR count). The Hall–Kier alpha value is -2.93. The van der Waals surface area contributed by atoms with Crippen molar-refractivity contribution in [2.24, 2.45) is 5.92 Å². The van der Waals surface area contributed by atoms with Crippen LogP contribution in [0.5, 0.6) is 5.75 Å². The molecular formula is C19H17N3O3S. The van der Waals surface area contributed by atoms with Gasteiger partial charge in [-0.3, -0.25) is 9.59 Å². The maximum Gasteiger partial charge on any atom is 0.231 e. The van der Waals surface area contributed by atoms with E-state index in [1.54, 1.807) is 18.1 Å². The fraction of sp³-hybridized carbons (Fsp3) is 0.211. The largest absolute Gasteiger partial charge is 0.497 e. The Morgan fingerprint density at radius 3 is 2.92 bits per heavy atom. The molecule has 0 radical (unpaired) electrons. The molecule has 26 heavy (non-hydrogen) atoms. The topological polar surface area (TPSA) is 71.5 Å². The summed E-state index contributed by atoms with van der Waals surface area (Å²) in [7, 11) is 1.58. The smallest absolute Gasteiger partial charge is 0.231 e. The third-order valence-corrected chi connectivity index (χ3v) is 5.34. The van der Waals surface area contributed by atoms with E-state index in [1.165, 1.54) is 11.3 Å². The van der Waals surface area contributed by atoms with Gasteiger partial charge in [0.1, 0.15) is 5.75 Å². The van der Waals surface area contributed by atoms with Gasteiger partial charge in [-0.2, -0.15) is 0 Å². The van der Waals surface area contributed by atoms with Crippen molar-refractivity contribution in [2.45, 2.75) is 6.42 Å². The first-order valence-corrected chi connectivity index (χ1v) is 9.06. The maximum atomic E-state index is 12.6. The van der Waals surface area contributed by atoms with Gasteiger partial charge in [-0.25, -0.2) is 4.98 Å². The number of hydrogen-bond donors (Lipinski definition) is 1. The third-order valence-electron chi connectivity index (χ3n) is 4.38. The highest BCUT2D eigenvalue weighted by Crippen LogP contribution is 2.30. The second kappa shape index (κ2) is 6.76. The number of thiazole rings is 1. The van der Waals surface area contributed by atoms with E-state index in [9.17, 15) is 9.59 Å². The molecule has 0 unspecified atom stereocenters. The molecule has 2 aromatic carbocycles. The Kier molecular flexibility index (Phi) is 4.30. The Morgan fingerprint density at radius 1 is 1.27 bits per heavy atom. The van der Waals surface area contributed by atoms with Crippen LogP contribution < -0.4 is 15.0 Å². The van der Waals surface area contributed by atoms with Crippen LogP contribution in [0, 0.1) is 5.92 Å². The maximum absolute atomic E-state index is 12.6. The van der Waals surface area contributed by atoms with Crippen molar-refractivity contribution in [3.05, 3.63) is 48.5 Å². The van der Waals surface area contributed by atoms with E-state index in [2.05, 4.69) is 10.3 Å². The SMILES string of the molecule is COc1cccc(N2C[C@H](C(=O)Nc3nc4ccccc4s3)CC2=O)c1. The lowest BCUT2D eigenvalue weighted by Crippen LogP contribution is -2.28. The van der Waals surface area contributed by atoms with Crippen LogP contribution in [0.2, 0.25) is 0 Å². The molecule has 0 saturated carbocycles. The van der Waals surface area contributed by atoms with Crippen molar-refractivity contribution in [1.29, 1.82) is 0 Å². The number of anilines is 2. The van der Waals surface area contributed by atoms with E-state index in [0.29, 0.717) is 17.4 Å². The molecule has 1 aliphatic rings. The summed E-state index contributed by atoms with van der Waals surface area (Å²) >= 11 is 1.43. The van der Waals surface area contributed by atoms with E-state index >= 15 is 0 Å². The average molecular weight is 367 g/mol. The number of hydrogen-bond acceptors (Lipinski definition) is 5. The van der Waals surface area contributed by atoms with Gasteiger partial charge in [0, 0.05) is 24.7 Å². The zero-order valence-electron chi connectivity index (χ0n) is 14.1. The number of para-hydroxylation sites is 1. The van der Waals surface area contributed by atoms with Crippen LogP contribution in [0.1, 0.15) is 6.42 Å². The molecule has 7 heteroatoms. The van der Waals surface area contributed by atoms with E-state index in [-0.39, 0.29) is 18.2 Å². The number of benzene rings is 2. The van der Waals surface area contributed by atoms with Crippen molar-refractivity contribution in [3.63, 3.8) is 0 Å². The van der Waals surface area contributed by atoms with Gasteiger partial charge in [0.15, 0.2) is 5.13 Å². The molecule has 1 saturated heterocycles. The molecule has 2 amide bonds. The van der Waals surface area contributed by atoms with E-state index in [0.717, 1.165) is 15.9 Å². The van der Waals surface area contributed by atoms with Crippen LogP contribution in [0.15, 0.2) is 48.5 Å². The first-order valence-electron chi connectivity index (χ1n) is 8.25. The monoisotopic (exact) mass is 367 g/mol. The van der Waals surface area contributed by atoms with Gasteiger partial charge >= 0.3 is 0 Å². The molecule has 2 heterocycles. The highest BCUT2D eigenvalue weighted by atomic mass is 32.1. The van der Waals surface area contributed by atoms with E-state index < -0.39 is 5.92 Å². The number of rotatable bonds is 4. The third kappa shape index (κ3) is 3.13. The van der Waals surface area contributed by atoms with Crippen molar-refractivity contribution in [2.75, 3.05) is 23.9 Å². The number of aromatic nitrogens is 1. The number of carbonyl (C=O) groups is 2. The van der Waals surface area contributed by atoms with Crippen LogP contribution >= 0.6 is 11.3 Å². The van der Waals surface area contributed by atoms with Crippen molar-refractivity contribution >= 4 is 44.2 Å². The minimum Gasteiger partial charge on any atom is -0.497 e. The first kappa shape index (κ1) is 16.5. The Morgan fingerprint density at radius 2 is 2.12 bits per heavy atom. The van der Waals surface area contributed by atoms with Crippen LogP contribution in [0.4, 0.5) is 10.8 Å². The molecule has 3 aromatic rings. The molecule has 1 aromatic heterocycles. The second-order valence-electron chi connectivity index (χ2n) is 6.08. The van der Waals surface area contributed by atoms with Crippen molar-refractivity contribution in [3.8, 4) is 5.75 Å². The number of fused-ring (bicyclic) bond motifs is 1. The number of ether oxygens (including phenoxy) is 1. The zero-order chi connectivity index (χ0) is 18.1. The molecule has 0 aliphatic carbocycles. The van der Waals surface area contributed by atoms with Crippen molar-refractivity contribution in [1.82, 2.24) is 4.98 Å². The Balaban J connectivity index is 1.48. The number of methoxy groups -OCH3 is 1. The van der Waals surface area contributed by atoms with E-state index in [1.807, 2.05) is 42.5 Å². The average Bonchev–Trinajstić information content (AvgIpc) is 3.24. The summed E-state index contributed by atoms with van der Waals surface area (Å²) < 4.78 is 6.22. The molecular weight excluding hydrogens is 350 g/mol. The predicted molar refractivity (Wildman–Crippen MR) is 102 cm³/mol. The second-order valence-corrected chi connectivity index (χ2v) is 7.11. The molecule has 0 bridgehead atoms. The quantitative estimate of drug-likeness (QED) is 0.768. The lowest BCUT2D eigenvalue weighted by Gasteiger charge is -2.17. The van der Waals surface area contributed by atoms with Gasteiger partial charge in [-0.05, 0) is 24.3 Å². The Labute approximate surface area is 154 Å². The first-order chi connectivity index (χ1) is 12.6. The molecule has 1 atom stereocenters. The van der Waals surface area contributed by atoms with Crippen LogP contribution in [0.25, 0.3) is 10.2 Å². The fourth-order valence-electron chi connectivity index (χ4n) is 3.04. The number of nitrogens with one attached hydrogen (secondary N) is 1. The van der Waals surface area contributed by atoms with Gasteiger partial charge in [-0.15, -0.1) is 0 Å². The normalized spacial score (nSPS) is 16.9. The number of carbonyl (C=O) groups excluding carboxylic acids is 2. The summed E-state index contributed by atoms with van der Waals surface area (Å²) in [5, 5.41) is 3.41. The molecule has 1 N–H and O–H groups in total. The molecule has 6 nitrogen and oxygen atoms in total. The van der Waals surface area contributed by atoms with Gasteiger partial charge in [0.05, 0.1) is 23.2 Å². The summed E-state index contributed by atoms with van der Waals surface area (Å²) in [6.07, 6.45) is 0.188. The van der Waals surface area contributed by atoms with Gasteiger partial charge in [0.25, 0.3) is 0 Å². The van der Waals surface area contributed by atoms with Crippen LogP contribution in [-0.2, 0) is 9.59 Å². The predicted octanol–water partition coefficient (Wildman–Crippen LogP) is 3.30. The summed E-state index contributed by atoms with van der Waals surface area (Å²) in [4.78, 5) is 31.0. The molecule has 132 valence electrons. The molecule has 1 aliphatic heterocycles. The number of nitrogens with zero attached hydrogens (tertiary/aromatic N) is 2. The van der Waals surface area contributed by atoms with Gasteiger partial charge in [-0.1, -0.05) is 29.5 Å². The van der Waals surface area contributed by atoms with Crippen LogP contribution in [0.3, 0.4) is 0 Å². The minimum absolute atomic E-state index is 0.0669. The molecule has 0 spiro atoms. The standard InChI is InChI=1S/C19H17N3O3S/c1-25-14-6-4-5-13(10-14)22-11-12(9-17(22)23)18(24)21-19-20-15-7-2-3-8-16(15)26-19/h2-8,10,12H,9,11H2,1H3,(H,20,21,24)/t12-/m1/s1. The highest BCUT2D eigenvalue weighted by molar-refractivity contribution is 7.22. The van der Waals surface area contributed by atoms with Crippen molar-refractivity contribution < 1.29 is 14.3 Å². The summed E-state index contributed by atoms with van der Waals surface area (Å²) in [6, 6.07) is 15.0. The summed E-state index contributed by atoms with van der Waals surface area (Å²) in [5.41, 5.74) is 1.60. The summed E-state index contributed by atoms with van der Waals surface area (Å²) in [6.45, 7) is 0.350. The van der Waals surface area contributed by atoms with Crippen LogP contribution in [-0.4, -0.2) is 30.5 Å². The number of amides is 2. The highest BCUT2D eigenvalue weighted by Gasteiger charge is 2.35. The van der Waals surface area contributed by atoms with Gasteiger partial charge in [0.2, 0.25) is 11.8 Å². The lowest BCUT2D eigenvalue weighted by atomic mass is 10.1. The Bertz CT molecular complexity index is 952. The lowest BCUT2D eigenvalue weighted by molar-refractivity contribution is -0.122. The zero-order valence-corrected chi connectivity index (χ0v) is 15.0. The fourth-order valence-corrected chi connectivity index (χ4v) is 3.91. The molecule has 1 fully saturated rings. The minimum atomic E-state index is -0.402. The summed E-state index contributed by atoms with van der Waals surface area (Å²) in [5.74, 6) is 0.0314. The van der Waals surface area contributed by atoms with Gasteiger partial charge < -0.3 is 15.0 Å². The van der Waals surface area contributed by atoms with E-state index in [4.69, 9.17) is 4.74 Å².